The average molecular weight is 525 g/mol. The number of hydrogen-bond donors (Lipinski definition) is 3. The van der Waals surface area contributed by atoms with Crippen LogP contribution in [0.5, 0.6) is 0 Å². The van der Waals surface area contributed by atoms with Crippen LogP contribution in [-0.4, -0.2) is 47.6 Å². The van der Waals surface area contributed by atoms with Crippen LogP contribution in [0.2, 0.25) is 0 Å². The summed E-state index contributed by atoms with van der Waals surface area (Å²) in [6.45, 7) is 7.55. The number of carbonyl (C=O) groups is 4. The normalized spacial score (nSPS) is 13.3. The number of carboxylic acid groups (broad SMARTS) is 1. The molecule has 0 bridgehead atoms. The second-order valence-electron chi connectivity index (χ2n) is 10.0. The number of aliphatic carboxylic acids is 1. The first-order chi connectivity index (χ1) is 18.1. The van der Waals surface area contributed by atoms with E-state index < -0.39 is 23.8 Å². The van der Waals surface area contributed by atoms with E-state index in [2.05, 4.69) is 10.6 Å². The van der Waals surface area contributed by atoms with E-state index in [1.54, 1.807) is 13.8 Å². The molecule has 2 aromatic carbocycles. The van der Waals surface area contributed by atoms with Gasteiger partial charge >= 0.3 is 11.9 Å². The molecule has 0 saturated carbocycles. The van der Waals surface area contributed by atoms with Gasteiger partial charge in [-0.2, -0.15) is 0 Å². The third-order valence-corrected chi connectivity index (χ3v) is 6.15. The number of benzene rings is 2. The SMILES string of the molecule is CCOC(=O)[C@H](C)C[C@@H](Cc1ccc(-c2ccccc2)cc1)NC(=O)CCC(=O)N[C@@H](CC(C)C)C(=O)O. The summed E-state index contributed by atoms with van der Waals surface area (Å²) >= 11 is 0. The van der Waals surface area contributed by atoms with Crippen molar-refractivity contribution in [3.05, 3.63) is 60.2 Å². The Balaban J connectivity index is 2.02. The highest BCUT2D eigenvalue weighted by Crippen LogP contribution is 2.21. The van der Waals surface area contributed by atoms with Crippen molar-refractivity contribution in [1.82, 2.24) is 10.6 Å². The minimum Gasteiger partial charge on any atom is -0.480 e. The van der Waals surface area contributed by atoms with Crippen molar-refractivity contribution < 1.29 is 29.0 Å². The van der Waals surface area contributed by atoms with Crippen LogP contribution in [0, 0.1) is 11.8 Å². The van der Waals surface area contributed by atoms with Gasteiger partial charge in [-0.3, -0.25) is 14.4 Å². The summed E-state index contributed by atoms with van der Waals surface area (Å²) in [6, 6.07) is 16.7. The Labute approximate surface area is 225 Å². The monoisotopic (exact) mass is 524 g/mol. The first-order valence-corrected chi connectivity index (χ1v) is 13.2. The van der Waals surface area contributed by atoms with Crippen molar-refractivity contribution in [3.8, 4) is 11.1 Å². The Morgan fingerprint density at radius 2 is 1.39 bits per heavy atom. The summed E-state index contributed by atoms with van der Waals surface area (Å²) in [4.78, 5) is 48.7. The van der Waals surface area contributed by atoms with Crippen LogP contribution in [0.1, 0.15) is 58.9 Å². The molecule has 8 heteroatoms. The van der Waals surface area contributed by atoms with Gasteiger partial charge in [0.05, 0.1) is 12.5 Å². The minimum absolute atomic E-state index is 0.0862. The molecule has 0 spiro atoms. The summed E-state index contributed by atoms with van der Waals surface area (Å²) in [5.41, 5.74) is 3.19. The van der Waals surface area contributed by atoms with Gasteiger partial charge in [0.15, 0.2) is 0 Å². The zero-order valence-corrected chi connectivity index (χ0v) is 22.7. The molecule has 0 aliphatic carbocycles. The van der Waals surface area contributed by atoms with Crippen LogP contribution >= 0.6 is 0 Å². The summed E-state index contributed by atoms with van der Waals surface area (Å²) in [5.74, 6) is -2.56. The standard InChI is InChI=1S/C30H40N2O6/c1-5-38-30(37)21(4)18-25(19-22-11-13-24(14-12-22)23-9-7-6-8-10-23)31-27(33)15-16-28(34)32-26(29(35)36)17-20(2)3/h6-14,20-21,25-26H,5,15-19H2,1-4H3,(H,31,33)(H,32,34)(H,35,36)/t21-,25+,26+/m1/s1. The van der Waals surface area contributed by atoms with Crippen LogP contribution in [0.3, 0.4) is 0 Å². The molecule has 0 heterocycles. The fourth-order valence-electron chi connectivity index (χ4n) is 4.24. The molecule has 8 nitrogen and oxygen atoms in total. The quantitative estimate of drug-likeness (QED) is 0.298. The lowest BCUT2D eigenvalue weighted by molar-refractivity contribution is -0.148. The van der Waals surface area contributed by atoms with Gasteiger partial charge in [-0.25, -0.2) is 4.79 Å². The second-order valence-corrected chi connectivity index (χ2v) is 10.0. The van der Waals surface area contributed by atoms with Gasteiger partial charge in [0.25, 0.3) is 0 Å². The highest BCUT2D eigenvalue weighted by Gasteiger charge is 2.24. The highest BCUT2D eigenvalue weighted by atomic mass is 16.5. The predicted molar refractivity (Wildman–Crippen MR) is 146 cm³/mol. The molecule has 206 valence electrons. The van der Waals surface area contributed by atoms with Crippen LogP contribution in [-0.2, 0) is 30.3 Å². The molecule has 38 heavy (non-hydrogen) atoms. The highest BCUT2D eigenvalue weighted by molar-refractivity contribution is 5.87. The minimum atomic E-state index is -1.09. The number of hydrogen-bond acceptors (Lipinski definition) is 5. The lowest BCUT2D eigenvalue weighted by Gasteiger charge is -2.22. The van der Waals surface area contributed by atoms with E-state index in [9.17, 15) is 24.3 Å². The Bertz CT molecular complexity index is 1050. The lowest BCUT2D eigenvalue weighted by atomic mass is 9.94. The molecule has 0 aliphatic rings. The maximum Gasteiger partial charge on any atom is 0.326 e. The zero-order chi connectivity index (χ0) is 28.1. The fourth-order valence-corrected chi connectivity index (χ4v) is 4.24. The van der Waals surface area contributed by atoms with Crippen LogP contribution in [0.15, 0.2) is 54.6 Å². The van der Waals surface area contributed by atoms with E-state index >= 15 is 0 Å². The summed E-state index contributed by atoms with van der Waals surface area (Å²) in [5, 5.41) is 14.8. The maximum absolute atomic E-state index is 12.7. The first kappa shape index (κ1) is 30.5. The van der Waals surface area contributed by atoms with Crippen molar-refractivity contribution in [3.63, 3.8) is 0 Å². The summed E-state index contributed by atoms with van der Waals surface area (Å²) < 4.78 is 5.13. The number of nitrogens with one attached hydrogen (secondary N) is 2. The number of carboxylic acids is 1. The molecule has 0 aromatic heterocycles. The van der Waals surface area contributed by atoms with Crippen LogP contribution in [0.4, 0.5) is 0 Å². The molecular weight excluding hydrogens is 484 g/mol. The number of carbonyl (C=O) groups excluding carboxylic acids is 3. The van der Waals surface area contributed by atoms with Gasteiger partial charge in [0.1, 0.15) is 6.04 Å². The van der Waals surface area contributed by atoms with Crippen molar-refractivity contribution in [1.29, 1.82) is 0 Å². The number of amides is 2. The zero-order valence-electron chi connectivity index (χ0n) is 22.7. The van der Waals surface area contributed by atoms with Crippen molar-refractivity contribution in [2.45, 2.75) is 71.9 Å². The Hall–Kier alpha value is -3.68. The third kappa shape index (κ3) is 10.7. The number of ether oxygens (including phenoxy) is 1. The third-order valence-electron chi connectivity index (χ3n) is 6.15. The van der Waals surface area contributed by atoms with E-state index in [4.69, 9.17) is 4.74 Å². The molecule has 0 radical (unpaired) electrons. The molecule has 3 N–H and O–H groups in total. The van der Waals surface area contributed by atoms with E-state index in [1.807, 2.05) is 68.4 Å². The van der Waals surface area contributed by atoms with Crippen LogP contribution in [0.25, 0.3) is 11.1 Å². The van der Waals surface area contributed by atoms with Gasteiger partial charge in [0.2, 0.25) is 11.8 Å². The van der Waals surface area contributed by atoms with Crippen molar-refractivity contribution in [2.75, 3.05) is 6.61 Å². The second kappa shape index (κ2) is 15.5. The summed E-state index contributed by atoms with van der Waals surface area (Å²) in [7, 11) is 0. The van der Waals surface area contributed by atoms with Crippen LogP contribution < -0.4 is 10.6 Å². The summed E-state index contributed by atoms with van der Waals surface area (Å²) in [6.07, 6.45) is 0.986. The average Bonchev–Trinajstić information content (AvgIpc) is 2.87. The molecule has 2 amide bonds. The maximum atomic E-state index is 12.7. The first-order valence-electron chi connectivity index (χ1n) is 13.2. The van der Waals surface area contributed by atoms with Gasteiger partial charge in [0, 0.05) is 18.9 Å². The molecule has 0 fully saturated rings. The topological polar surface area (TPSA) is 122 Å². The van der Waals surface area contributed by atoms with E-state index in [0.29, 0.717) is 19.3 Å². The Morgan fingerprint density at radius 1 is 0.816 bits per heavy atom. The van der Waals surface area contributed by atoms with Gasteiger partial charge < -0.3 is 20.5 Å². The van der Waals surface area contributed by atoms with Gasteiger partial charge in [-0.15, -0.1) is 0 Å². The molecule has 2 rings (SSSR count). The molecular formula is C30H40N2O6. The van der Waals surface area contributed by atoms with E-state index in [1.165, 1.54) is 0 Å². The van der Waals surface area contributed by atoms with E-state index in [-0.39, 0.29) is 43.3 Å². The number of esters is 1. The molecule has 0 aliphatic heterocycles. The molecule has 0 saturated heterocycles. The van der Waals surface area contributed by atoms with Crippen molar-refractivity contribution in [2.24, 2.45) is 11.8 Å². The Morgan fingerprint density at radius 3 is 1.95 bits per heavy atom. The fraction of sp³-hybridized carbons (Fsp3) is 0.467. The molecule has 3 atom stereocenters. The largest absolute Gasteiger partial charge is 0.480 e. The number of rotatable bonds is 15. The lowest BCUT2D eigenvalue weighted by Crippen LogP contribution is -2.42. The van der Waals surface area contributed by atoms with Gasteiger partial charge in [-0.05, 0) is 48.8 Å². The molecule has 2 aromatic rings. The smallest absolute Gasteiger partial charge is 0.326 e. The van der Waals surface area contributed by atoms with E-state index in [0.717, 1.165) is 16.7 Å². The Kier molecular flexibility index (Phi) is 12.5. The van der Waals surface area contributed by atoms with Gasteiger partial charge in [-0.1, -0.05) is 75.4 Å². The predicted octanol–water partition coefficient (Wildman–Crippen LogP) is 4.37. The van der Waals surface area contributed by atoms with Crippen molar-refractivity contribution >= 4 is 23.8 Å². The molecule has 0 unspecified atom stereocenters.